The lowest BCUT2D eigenvalue weighted by molar-refractivity contribution is -0.120. The molecule has 1 aromatic rings. The van der Waals surface area contributed by atoms with E-state index >= 15 is 0 Å². The van der Waals surface area contributed by atoms with E-state index in [0.29, 0.717) is 16.3 Å². The van der Waals surface area contributed by atoms with Crippen LogP contribution in [0.2, 0.25) is 5.02 Å². The van der Waals surface area contributed by atoms with Crippen LogP contribution < -0.4 is 10.6 Å². The van der Waals surface area contributed by atoms with Gasteiger partial charge in [-0.05, 0) is 23.3 Å². The predicted octanol–water partition coefficient (Wildman–Crippen LogP) is 1.65. The number of hydrogen-bond donors (Lipinski definition) is 3. The van der Waals surface area contributed by atoms with Gasteiger partial charge in [0.25, 0.3) is 5.91 Å². The van der Waals surface area contributed by atoms with Gasteiger partial charge in [-0.15, -0.1) is 0 Å². The lowest BCUT2D eigenvalue weighted by atomic mass is 10.0. The summed E-state index contributed by atoms with van der Waals surface area (Å²) in [5, 5.41) is 5.23. The minimum Gasteiger partial charge on any atom is -0.322 e. The Hall–Kier alpha value is -1.20. The van der Waals surface area contributed by atoms with Crippen LogP contribution in [0, 0.1) is 0 Å². The van der Waals surface area contributed by atoms with E-state index in [-0.39, 0.29) is 5.91 Å². The van der Waals surface area contributed by atoms with E-state index in [9.17, 15) is 9.59 Å². The van der Waals surface area contributed by atoms with Crippen LogP contribution in [-0.4, -0.2) is 11.9 Å². The molecule has 1 fully saturated rings. The van der Waals surface area contributed by atoms with E-state index in [2.05, 4.69) is 23.3 Å². The fourth-order valence-corrected chi connectivity index (χ4v) is 2.08. The van der Waals surface area contributed by atoms with Crippen LogP contribution in [0.1, 0.15) is 17.2 Å². The van der Waals surface area contributed by atoms with Gasteiger partial charge in [-0.2, -0.15) is 12.6 Å². The van der Waals surface area contributed by atoms with Gasteiger partial charge in [0.05, 0.1) is 0 Å². The van der Waals surface area contributed by atoms with Crippen molar-refractivity contribution in [2.75, 3.05) is 0 Å². The number of rotatable bonds is 2. The van der Waals surface area contributed by atoms with E-state index in [0.717, 1.165) is 5.56 Å². The van der Waals surface area contributed by atoms with Crippen LogP contribution in [0.15, 0.2) is 18.2 Å². The Balaban J connectivity index is 2.42. The number of carbonyl (C=O) groups excluding carboxylic acids is 2. The molecule has 0 aliphatic carbocycles. The van der Waals surface area contributed by atoms with Crippen LogP contribution in [0.3, 0.4) is 0 Å². The molecule has 16 heavy (non-hydrogen) atoms. The molecule has 1 saturated heterocycles. The van der Waals surface area contributed by atoms with Gasteiger partial charge in [0.1, 0.15) is 6.04 Å². The molecule has 84 valence electrons. The Morgan fingerprint density at radius 3 is 2.69 bits per heavy atom. The van der Waals surface area contributed by atoms with Crippen molar-refractivity contribution in [3.05, 3.63) is 34.3 Å². The van der Waals surface area contributed by atoms with Crippen molar-refractivity contribution >= 4 is 36.2 Å². The second-order valence-corrected chi connectivity index (χ2v) is 4.15. The van der Waals surface area contributed by atoms with Crippen LogP contribution >= 0.6 is 24.2 Å². The molecular weight excluding hydrogens is 248 g/mol. The monoisotopic (exact) mass is 256 g/mol. The van der Waals surface area contributed by atoms with Crippen LogP contribution in [0.25, 0.3) is 0 Å². The molecule has 6 heteroatoms. The molecular formula is C10H9ClN2O2S. The number of urea groups is 1. The summed E-state index contributed by atoms with van der Waals surface area (Å²) in [6.45, 7) is 0. The standard InChI is InChI=1S/C10H9ClN2O2S/c11-6-2-1-5(4-16)7(3-6)8-9(14)13-10(15)12-8/h1-3,8,16H,4H2,(H2,12,13,14,15). The van der Waals surface area contributed by atoms with Crippen molar-refractivity contribution in [3.8, 4) is 0 Å². The molecule has 0 spiro atoms. The third-order valence-corrected chi connectivity index (χ3v) is 2.94. The molecule has 1 aromatic carbocycles. The first-order chi connectivity index (χ1) is 7.61. The molecule has 3 amide bonds. The highest BCUT2D eigenvalue weighted by Gasteiger charge is 2.32. The highest BCUT2D eigenvalue weighted by molar-refractivity contribution is 7.79. The highest BCUT2D eigenvalue weighted by Crippen LogP contribution is 2.25. The van der Waals surface area contributed by atoms with Crippen molar-refractivity contribution in [2.45, 2.75) is 11.8 Å². The van der Waals surface area contributed by atoms with E-state index in [1.807, 2.05) is 0 Å². The first kappa shape index (κ1) is 11.3. The lowest BCUT2D eigenvalue weighted by Crippen LogP contribution is -2.22. The van der Waals surface area contributed by atoms with E-state index in [1.165, 1.54) is 0 Å². The molecule has 1 aliphatic rings. The van der Waals surface area contributed by atoms with E-state index < -0.39 is 12.1 Å². The Kier molecular flexibility index (Phi) is 3.07. The van der Waals surface area contributed by atoms with Crippen LogP contribution in [0.5, 0.6) is 0 Å². The van der Waals surface area contributed by atoms with Crippen molar-refractivity contribution < 1.29 is 9.59 Å². The van der Waals surface area contributed by atoms with Crippen molar-refractivity contribution in [1.82, 2.24) is 10.6 Å². The molecule has 4 nitrogen and oxygen atoms in total. The zero-order valence-corrected chi connectivity index (χ0v) is 9.81. The summed E-state index contributed by atoms with van der Waals surface area (Å²) in [5.41, 5.74) is 1.56. The van der Waals surface area contributed by atoms with Crippen LogP contribution in [0.4, 0.5) is 4.79 Å². The number of thiol groups is 1. The Morgan fingerprint density at radius 2 is 2.12 bits per heavy atom. The topological polar surface area (TPSA) is 58.2 Å². The van der Waals surface area contributed by atoms with Gasteiger partial charge in [0.2, 0.25) is 0 Å². The largest absolute Gasteiger partial charge is 0.322 e. The fraction of sp³-hybridized carbons (Fsp3) is 0.200. The van der Waals surface area contributed by atoms with Crippen molar-refractivity contribution in [1.29, 1.82) is 0 Å². The smallest absolute Gasteiger partial charge is 0.322 e. The Bertz CT molecular complexity index is 464. The lowest BCUT2D eigenvalue weighted by Gasteiger charge is -2.12. The molecule has 0 radical (unpaired) electrons. The van der Waals surface area contributed by atoms with Crippen LogP contribution in [-0.2, 0) is 10.5 Å². The van der Waals surface area contributed by atoms with E-state index in [1.54, 1.807) is 18.2 Å². The highest BCUT2D eigenvalue weighted by atomic mass is 35.5. The van der Waals surface area contributed by atoms with Gasteiger partial charge in [0.15, 0.2) is 0 Å². The van der Waals surface area contributed by atoms with E-state index in [4.69, 9.17) is 11.6 Å². The maximum atomic E-state index is 11.5. The third-order valence-electron chi connectivity index (χ3n) is 2.36. The number of imide groups is 1. The zero-order chi connectivity index (χ0) is 11.7. The maximum absolute atomic E-state index is 11.5. The second-order valence-electron chi connectivity index (χ2n) is 3.40. The van der Waals surface area contributed by atoms with Gasteiger partial charge < -0.3 is 5.32 Å². The molecule has 0 bridgehead atoms. The number of nitrogens with one attached hydrogen (secondary N) is 2. The zero-order valence-electron chi connectivity index (χ0n) is 8.16. The fourth-order valence-electron chi connectivity index (χ4n) is 1.61. The quantitative estimate of drug-likeness (QED) is 0.557. The number of hydrogen-bond acceptors (Lipinski definition) is 3. The minimum atomic E-state index is -0.673. The second kappa shape index (κ2) is 4.35. The number of carbonyl (C=O) groups is 2. The predicted molar refractivity (Wildman–Crippen MR) is 63.6 cm³/mol. The summed E-state index contributed by atoms with van der Waals surface area (Å²) >= 11 is 10.0. The Labute approximate surface area is 103 Å². The molecule has 1 unspecified atom stereocenters. The molecule has 0 aromatic heterocycles. The van der Waals surface area contributed by atoms with Gasteiger partial charge >= 0.3 is 6.03 Å². The summed E-state index contributed by atoms with van der Waals surface area (Å²) in [5.74, 6) is 0.113. The Morgan fingerprint density at radius 1 is 1.38 bits per heavy atom. The first-order valence-corrected chi connectivity index (χ1v) is 5.63. The maximum Gasteiger partial charge on any atom is 0.322 e. The molecule has 1 aliphatic heterocycles. The van der Waals surface area contributed by atoms with Gasteiger partial charge in [-0.1, -0.05) is 17.7 Å². The van der Waals surface area contributed by atoms with Crippen molar-refractivity contribution in [2.24, 2.45) is 0 Å². The number of amides is 3. The molecule has 0 saturated carbocycles. The summed E-state index contributed by atoms with van der Waals surface area (Å²) in [6, 6.07) is 4.03. The van der Waals surface area contributed by atoms with Gasteiger partial charge in [-0.3, -0.25) is 10.1 Å². The summed E-state index contributed by atoms with van der Waals surface area (Å²) in [6.07, 6.45) is 0. The van der Waals surface area contributed by atoms with Gasteiger partial charge in [0, 0.05) is 10.8 Å². The van der Waals surface area contributed by atoms with Crippen molar-refractivity contribution in [3.63, 3.8) is 0 Å². The summed E-state index contributed by atoms with van der Waals surface area (Å²) in [7, 11) is 0. The normalized spacial score (nSPS) is 19.5. The minimum absolute atomic E-state index is 0.365. The molecule has 2 rings (SSSR count). The third kappa shape index (κ3) is 2.01. The average molecular weight is 257 g/mol. The number of halogens is 1. The number of benzene rings is 1. The SMILES string of the molecule is O=C1NC(=O)C(c2cc(Cl)ccc2CS)N1. The molecule has 1 heterocycles. The summed E-state index contributed by atoms with van der Waals surface area (Å²) in [4.78, 5) is 22.5. The molecule has 1 atom stereocenters. The van der Waals surface area contributed by atoms with Gasteiger partial charge in [-0.25, -0.2) is 4.79 Å². The molecule has 2 N–H and O–H groups in total. The average Bonchev–Trinajstić information content (AvgIpc) is 2.57. The summed E-state index contributed by atoms with van der Waals surface area (Å²) < 4.78 is 0. The first-order valence-electron chi connectivity index (χ1n) is 4.62.